The molecule has 0 spiro atoms. The van der Waals surface area contributed by atoms with Gasteiger partial charge in [0.1, 0.15) is 0 Å². The van der Waals surface area contributed by atoms with Crippen LogP contribution in [0.25, 0.3) is 0 Å². The molecule has 0 aliphatic rings. The molecule has 4 heteroatoms. The SMILES string of the molecule is CCNC(=NCC(C)N(CC)CC)NC(C)(C)C. The molecule has 0 rings (SSSR count). The molecule has 1 unspecified atom stereocenters. The van der Waals surface area contributed by atoms with E-state index in [1.165, 1.54) is 0 Å². The molecular weight excluding hydrogens is 224 g/mol. The Morgan fingerprint density at radius 3 is 2.11 bits per heavy atom. The predicted molar refractivity (Wildman–Crippen MR) is 81.3 cm³/mol. The van der Waals surface area contributed by atoms with E-state index < -0.39 is 0 Å². The Morgan fingerprint density at radius 1 is 1.17 bits per heavy atom. The van der Waals surface area contributed by atoms with Gasteiger partial charge < -0.3 is 10.6 Å². The molecule has 0 aliphatic heterocycles. The molecule has 0 amide bonds. The van der Waals surface area contributed by atoms with Crippen molar-refractivity contribution in [2.45, 2.75) is 60.0 Å². The fourth-order valence-electron chi connectivity index (χ4n) is 1.85. The molecule has 4 nitrogen and oxygen atoms in total. The number of likely N-dealkylation sites (N-methyl/N-ethyl adjacent to an activating group) is 1. The summed E-state index contributed by atoms with van der Waals surface area (Å²) in [5.41, 5.74) is 0.0411. The zero-order valence-corrected chi connectivity index (χ0v) is 13.3. The third-order valence-electron chi connectivity index (χ3n) is 2.79. The van der Waals surface area contributed by atoms with E-state index in [0.717, 1.165) is 32.1 Å². The second-order valence-corrected chi connectivity index (χ2v) is 5.66. The highest BCUT2D eigenvalue weighted by molar-refractivity contribution is 5.80. The molecule has 0 saturated heterocycles. The van der Waals surface area contributed by atoms with Gasteiger partial charge in [-0.2, -0.15) is 0 Å². The Balaban J connectivity index is 4.47. The third-order valence-corrected chi connectivity index (χ3v) is 2.79. The van der Waals surface area contributed by atoms with Crippen LogP contribution < -0.4 is 10.6 Å². The van der Waals surface area contributed by atoms with Gasteiger partial charge in [0.15, 0.2) is 5.96 Å². The molecule has 0 saturated carbocycles. The van der Waals surface area contributed by atoms with Crippen LogP contribution in [0.3, 0.4) is 0 Å². The summed E-state index contributed by atoms with van der Waals surface area (Å²) in [6, 6.07) is 0.482. The average Bonchev–Trinajstić information content (AvgIpc) is 2.26. The van der Waals surface area contributed by atoms with Crippen molar-refractivity contribution in [2.24, 2.45) is 4.99 Å². The number of nitrogens with one attached hydrogen (secondary N) is 2. The van der Waals surface area contributed by atoms with Crippen molar-refractivity contribution in [3.8, 4) is 0 Å². The Kier molecular flexibility index (Phi) is 8.00. The molecule has 0 aromatic rings. The van der Waals surface area contributed by atoms with Crippen LogP contribution in [0.15, 0.2) is 4.99 Å². The molecule has 0 fully saturated rings. The summed E-state index contributed by atoms with van der Waals surface area (Å²) in [6.07, 6.45) is 0. The molecular formula is C14H32N4. The van der Waals surface area contributed by atoms with Crippen molar-refractivity contribution in [3.05, 3.63) is 0 Å². The topological polar surface area (TPSA) is 39.7 Å². The van der Waals surface area contributed by atoms with Crippen LogP contribution >= 0.6 is 0 Å². The van der Waals surface area contributed by atoms with Crippen LogP contribution in [-0.2, 0) is 0 Å². The Bertz CT molecular complexity index is 239. The second-order valence-electron chi connectivity index (χ2n) is 5.66. The zero-order chi connectivity index (χ0) is 14.2. The summed E-state index contributed by atoms with van der Waals surface area (Å²) >= 11 is 0. The van der Waals surface area contributed by atoms with Crippen molar-refractivity contribution in [2.75, 3.05) is 26.2 Å². The lowest BCUT2D eigenvalue weighted by Crippen LogP contribution is -2.48. The van der Waals surface area contributed by atoms with Gasteiger partial charge in [-0.05, 0) is 47.7 Å². The number of nitrogens with zero attached hydrogens (tertiary/aromatic N) is 2. The van der Waals surface area contributed by atoms with E-state index in [2.05, 4.69) is 69.0 Å². The lowest BCUT2D eigenvalue weighted by atomic mass is 10.1. The van der Waals surface area contributed by atoms with Gasteiger partial charge in [-0.3, -0.25) is 9.89 Å². The second kappa shape index (κ2) is 8.35. The smallest absolute Gasteiger partial charge is 0.191 e. The van der Waals surface area contributed by atoms with Gasteiger partial charge in [0.05, 0.1) is 6.54 Å². The summed E-state index contributed by atoms with van der Waals surface area (Å²) in [7, 11) is 0. The first-order chi connectivity index (χ1) is 8.34. The minimum atomic E-state index is 0.0411. The van der Waals surface area contributed by atoms with Crippen molar-refractivity contribution >= 4 is 5.96 Å². The largest absolute Gasteiger partial charge is 0.357 e. The van der Waals surface area contributed by atoms with E-state index in [1.54, 1.807) is 0 Å². The molecule has 18 heavy (non-hydrogen) atoms. The molecule has 0 heterocycles. The van der Waals surface area contributed by atoms with Gasteiger partial charge in [-0.25, -0.2) is 0 Å². The number of hydrogen-bond acceptors (Lipinski definition) is 2. The summed E-state index contributed by atoms with van der Waals surface area (Å²) < 4.78 is 0. The minimum absolute atomic E-state index is 0.0411. The van der Waals surface area contributed by atoms with Gasteiger partial charge in [0.2, 0.25) is 0 Å². The third kappa shape index (κ3) is 7.54. The molecule has 0 aliphatic carbocycles. The first kappa shape index (κ1) is 17.2. The van der Waals surface area contributed by atoms with Gasteiger partial charge in [0, 0.05) is 18.1 Å². The van der Waals surface area contributed by atoms with E-state index in [1.807, 2.05) is 0 Å². The monoisotopic (exact) mass is 256 g/mol. The average molecular weight is 256 g/mol. The number of rotatable bonds is 6. The van der Waals surface area contributed by atoms with Gasteiger partial charge in [-0.1, -0.05) is 13.8 Å². The lowest BCUT2D eigenvalue weighted by Gasteiger charge is -2.27. The summed E-state index contributed by atoms with van der Waals surface area (Å²) in [4.78, 5) is 7.09. The molecule has 2 N–H and O–H groups in total. The molecule has 0 aromatic heterocycles. The Morgan fingerprint density at radius 2 is 1.72 bits per heavy atom. The highest BCUT2D eigenvalue weighted by Crippen LogP contribution is 2.01. The van der Waals surface area contributed by atoms with Crippen molar-refractivity contribution < 1.29 is 0 Å². The lowest BCUT2D eigenvalue weighted by molar-refractivity contribution is 0.236. The van der Waals surface area contributed by atoms with Crippen LogP contribution in [0.2, 0.25) is 0 Å². The van der Waals surface area contributed by atoms with E-state index in [-0.39, 0.29) is 5.54 Å². The van der Waals surface area contributed by atoms with Crippen LogP contribution in [-0.4, -0.2) is 48.6 Å². The molecule has 1 atom stereocenters. The maximum absolute atomic E-state index is 4.67. The van der Waals surface area contributed by atoms with Crippen LogP contribution in [0.1, 0.15) is 48.5 Å². The minimum Gasteiger partial charge on any atom is -0.357 e. The number of guanidine groups is 1. The maximum Gasteiger partial charge on any atom is 0.191 e. The van der Waals surface area contributed by atoms with E-state index in [4.69, 9.17) is 0 Å². The quantitative estimate of drug-likeness (QED) is 0.564. The fraction of sp³-hybridized carbons (Fsp3) is 0.929. The molecule has 0 radical (unpaired) electrons. The highest BCUT2D eigenvalue weighted by Gasteiger charge is 2.13. The maximum atomic E-state index is 4.67. The predicted octanol–water partition coefficient (Wildman–Crippen LogP) is 2.07. The normalized spacial score (nSPS) is 14.8. The van der Waals surface area contributed by atoms with Crippen LogP contribution in [0.4, 0.5) is 0 Å². The van der Waals surface area contributed by atoms with Gasteiger partial charge in [-0.15, -0.1) is 0 Å². The first-order valence-corrected chi connectivity index (χ1v) is 7.14. The van der Waals surface area contributed by atoms with E-state index in [9.17, 15) is 0 Å². The van der Waals surface area contributed by atoms with Crippen molar-refractivity contribution in [1.82, 2.24) is 15.5 Å². The molecule has 0 bridgehead atoms. The van der Waals surface area contributed by atoms with Crippen molar-refractivity contribution in [3.63, 3.8) is 0 Å². The summed E-state index contributed by atoms with van der Waals surface area (Å²) in [6.45, 7) is 19.0. The zero-order valence-electron chi connectivity index (χ0n) is 13.3. The van der Waals surface area contributed by atoms with Crippen molar-refractivity contribution in [1.29, 1.82) is 0 Å². The van der Waals surface area contributed by atoms with E-state index >= 15 is 0 Å². The summed E-state index contributed by atoms with van der Waals surface area (Å²) in [5, 5.41) is 6.70. The summed E-state index contributed by atoms with van der Waals surface area (Å²) in [5.74, 6) is 0.906. The van der Waals surface area contributed by atoms with Crippen LogP contribution in [0.5, 0.6) is 0 Å². The Hall–Kier alpha value is -0.770. The van der Waals surface area contributed by atoms with Crippen LogP contribution in [0, 0.1) is 0 Å². The highest BCUT2D eigenvalue weighted by atomic mass is 15.2. The molecule has 108 valence electrons. The number of hydrogen-bond donors (Lipinski definition) is 2. The fourth-order valence-corrected chi connectivity index (χ4v) is 1.85. The van der Waals surface area contributed by atoms with E-state index in [0.29, 0.717) is 6.04 Å². The van der Waals surface area contributed by atoms with Gasteiger partial charge >= 0.3 is 0 Å². The standard InChI is InChI=1S/C14H32N4/c1-8-15-13(17-14(5,6)7)16-11-12(4)18(9-2)10-3/h12H,8-11H2,1-7H3,(H2,15,16,17). The van der Waals surface area contributed by atoms with Gasteiger partial charge in [0.25, 0.3) is 0 Å². The molecule has 0 aromatic carbocycles. The first-order valence-electron chi connectivity index (χ1n) is 7.14. The number of aliphatic imine (C=N–C) groups is 1. The Labute approximate surface area is 113 Å².